The molecule has 3 heteroatoms. The van der Waals surface area contributed by atoms with Gasteiger partial charge in [-0.1, -0.05) is 6.07 Å². The van der Waals surface area contributed by atoms with Gasteiger partial charge in [-0.15, -0.1) is 0 Å². The Balaban J connectivity index is 2.57. The van der Waals surface area contributed by atoms with Crippen LogP contribution in [0.15, 0.2) is 30.5 Å². The third kappa shape index (κ3) is 1.08. The van der Waals surface area contributed by atoms with Gasteiger partial charge in [0.15, 0.2) is 0 Å². The van der Waals surface area contributed by atoms with E-state index in [2.05, 4.69) is 16.5 Å². The van der Waals surface area contributed by atoms with E-state index in [1.54, 1.807) is 0 Å². The molecule has 2 rings (SSSR count). The highest BCUT2D eigenvalue weighted by Crippen LogP contribution is 2.05. The van der Waals surface area contributed by atoms with E-state index in [-0.39, 0.29) is 0 Å². The minimum atomic E-state index is 0.846. The second-order valence-corrected chi connectivity index (χ2v) is 2.72. The molecule has 0 unspecified atom stereocenters. The number of fused-ring (bicyclic) bond motifs is 1. The summed E-state index contributed by atoms with van der Waals surface area (Å²) in [6.07, 6.45) is 1.81. The minimum Gasteiger partial charge on any atom is -0.314 e. The fourth-order valence-electron chi connectivity index (χ4n) is 1.32. The molecule has 12 heavy (non-hydrogen) atoms. The molecule has 0 aromatic carbocycles. The number of nitrogens with one attached hydrogen (secondary N) is 1. The topological polar surface area (TPSA) is 29.3 Å². The predicted molar refractivity (Wildman–Crippen MR) is 48.0 cm³/mol. The van der Waals surface area contributed by atoms with Crippen molar-refractivity contribution in [2.24, 2.45) is 0 Å². The average Bonchev–Trinajstić information content (AvgIpc) is 2.53. The Morgan fingerprint density at radius 2 is 2.33 bits per heavy atom. The van der Waals surface area contributed by atoms with Gasteiger partial charge in [-0.3, -0.25) is 0 Å². The molecule has 0 saturated carbocycles. The van der Waals surface area contributed by atoms with E-state index < -0.39 is 0 Å². The van der Waals surface area contributed by atoms with Crippen molar-refractivity contribution in [3.63, 3.8) is 0 Å². The molecule has 1 N–H and O–H groups in total. The number of aromatic nitrogens is 2. The van der Waals surface area contributed by atoms with Crippen molar-refractivity contribution in [3.05, 3.63) is 36.2 Å². The summed E-state index contributed by atoms with van der Waals surface area (Å²) in [7, 11) is 1.93. The Labute approximate surface area is 71.0 Å². The van der Waals surface area contributed by atoms with Crippen molar-refractivity contribution >= 4 is 5.52 Å². The van der Waals surface area contributed by atoms with Gasteiger partial charge in [-0.2, -0.15) is 5.10 Å². The monoisotopic (exact) mass is 161 g/mol. The van der Waals surface area contributed by atoms with Gasteiger partial charge in [0.2, 0.25) is 0 Å². The van der Waals surface area contributed by atoms with Gasteiger partial charge < -0.3 is 5.32 Å². The van der Waals surface area contributed by atoms with Crippen LogP contribution in [0.1, 0.15) is 5.69 Å². The lowest BCUT2D eigenvalue weighted by Gasteiger charge is -2.02. The van der Waals surface area contributed by atoms with Gasteiger partial charge in [0.05, 0.1) is 11.2 Å². The molecule has 0 fully saturated rings. The van der Waals surface area contributed by atoms with Gasteiger partial charge in [-0.25, -0.2) is 4.52 Å². The second-order valence-electron chi connectivity index (χ2n) is 2.72. The number of nitrogens with zero attached hydrogens (tertiary/aromatic N) is 2. The highest BCUT2D eigenvalue weighted by Gasteiger charge is 1.97. The van der Waals surface area contributed by atoms with Gasteiger partial charge in [-0.05, 0) is 25.2 Å². The Hall–Kier alpha value is -1.35. The average molecular weight is 161 g/mol. The zero-order valence-electron chi connectivity index (χ0n) is 6.99. The van der Waals surface area contributed by atoms with Crippen LogP contribution in [0.5, 0.6) is 0 Å². The quantitative estimate of drug-likeness (QED) is 0.713. The van der Waals surface area contributed by atoms with Crippen molar-refractivity contribution in [1.82, 2.24) is 14.9 Å². The zero-order chi connectivity index (χ0) is 8.39. The van der Waals surface area contributed by atoms with Crippen molar-refractivity contribution in [3.8, 4) is 0 Å². The highest BCUT2D eigenvalue weighted by molar-refractivity contribution is 5.46. The first-order valence-corrected chi connectivity index (χ1v) is 3.98. The largest absolute Gasteiger partial charge is 0.314 e. The molecular formula is C9H11N3. The van der Waals surface area contributed by atoms with E-state index in [0.717, 1.165) is 12.1 Å². The third-order valence-corrected chi connectivity index (χ3v) is 1.86. The summed E-state index contributed by atoms with van der Waals surface area (Å²) in [6.45, 7) is 0.846. The first-order chi connectivity index (χ1) is 5.92. The maximum atomic E-state index is 4.21. The SMILES string of the molecule is CNCc1cccc2ccnn12. The lowest BCUT2D eigenvalue weighted by Crippen LogP contribution is -2.09. The van der Waals surface area contributed by atoms with E-state index in [0.29, 0.717) is 0 Å². The maximum absolute atomic E-state index is 4.21. The molecule has 0 aliphatic carbocycles. The molecule has 0 amide bonds. The molecule has 0 bridgehead atoms. The Morgan fingerprint density at radius 3 is 3.17 bits per heavy atom. The van der Waals surface area contributed by atoms with E-state index in [9.17, 15) is 0 Å². The van der Waals surface area contributed by atoms with E-state index in [1.165, 1.54) is 5.69 Å². The van der Waals surface area contributed by atoms with Gasteiger partial charge in [0.1, 0.15) is 0 Å². The molecule has 0 spiro atoms. The number of hydrogen-bond acceptors (Lipinski definition) is 2. The Kier molecular flexibility index (Phi) is 1.80. The fourth-order valence-corrected chi connectivity index (χ4v) is 1.32. The van der Waals surface area contributed by atoms with Crippen LogP contribution in [0, 0.1) is 0 Å². The van der Waals surface area contributed by atoms with Crippen LogP contribution in [0.2, 0.25) is 0 Å². The molecule has 2 heterocycles. The summed E-state index contributed by atoms with van der Waals surface area (Å²) in [6, 6.07) is 8.16. The highest BCUT2D eigenvalue weighted by atomic mass is 15.2. The van der Waals surface area contributed by atoms with Crippen LogP contribution in [0.25, 0.3) is 5.52 Å². The Morgan fingerprint density at radius 1 is 1.42 bits per heavy atom. The molecule has 0 aliphatic rings. The number of pyridine rings is 1. The van der Waals surface area contributed by atoms with Crippen LogP contribution in [-0.2, 0) is 6.54 Å². The fraction of sp³-hybridized carbons (Fsp3) is 0.222. The van der Waals surface area contributed by atoms with Crippen molar-refractivity contribution in [1.29, 1.82) is 0 Å². The van der Waals surface area contributed by atoms with Crippen molar-refractivity contribution in [2.75, 3.05) is 7.05 Å². The van der Waals surface area contributed by atoms with Gasteiger partial charge in [0.25, 0.3) is 0 Å². The van der Waals surface area contributed by atoms with E-state index in [4.69, 9.17) is 0 Å². The molecule has 62 valence electrons. The van der Waals surface area contributed by atoms with Crippen LogP contribution < -0.4 is 5.32 Å². The standard InChI is InChI=1S/C9H11N3/c1-10-7-9-4-2-3-8-5-6-11-12(8)9/h2-6,10H,7H2,1H3. The first-order valence-electron chi connectivity index (χ1n) is 3.98. The Bertz CT molecular complexity index is 378. The maximum Gasteiger partial charge on any atom is 0.0665 e. The summed E-state index contributed by atoms with van der Waals surface area (Å²) in [5.74, 6) is 0. The second kappa shape index (κ2) is 2.95. The summed E-state index contributed by atoms with van der Waals surface area (Å²) in [5.41, 5.74) is 2.32. The summed E-state index contributed by atoms with van der Waals surface area (Å²) >= 11 is 0. The molecular weight excluding hydrogens is 150 g/mol. The summed E-state index contributed by atoms with van der Waals surface area (Å²) < 4.78 is 1.94. The molecule has 2 aromatic rings. The molecule has 0 atom stereocenters. The molecule has 3 nitrogen and oxygen atoms in total. The predicted octanol–water partition coefficient (Wildman–Crippen LogP) is 1.05. The summed E-state index contributed by atoms with van der Waals surface area (Å²) in [4.78, 5) is 0. The number of rotatable bonds is 2. The number of hydrogen-bond donors (Lipinski definition) is 1. The van der Waals surface area contributed by atoms with Gasteiger partial charge in [0, 0.05) is 12.7 Å². The third-order valence-electron chi connectivity index (χ3n) is 1.86. The van der Waals surface area contributed by atoms with E-state index >= 15 is 0 Å². The lowest BCUT2D eigenvalue weighted by atomic mass is 10.3. The van der Waals surface area contributed by atoms with Crippen LogP contribution >= 0.6 is 0 Å². The molecule has 0 radical (unpaired) electrons. The molecule has 0 saturated heterocycles. The molecule has 2 aromatic heterocycles. The van der Waals surface area contributed by atoms with Crippen LogP contribution in [-0.4, -0.2) is 16.7 Å². The first kappa shape index (κ1) is 7.31. The minimum absolute atomic E-state index is 0.846. The summed E-state index contributed by atoms with van der Waals surface area (Å²) in [5, 5.41) is 7.32. The normalized spacial score (nSPS) is 10.8. The van der Waals surface area contributed by atoms with Gasteiger partial charge >= 0.3 is 0 Å². The van der Waals surface area contributed by atoms with Crippen molar-refractivity contribution in [2.45, 2.75) is 6.54 Å². The smallest absolute Gasteiger partial charge is 0.0665 e. The molecule has 0 aliphatic heterocycles. The lowest BCUT2D eigenvalue weighted by molar-refractivity contribution is 0.747. The van der Waals surface area contributed by atoms with Crippen LogP contribution in [0.3, 0.4) is 0 Å². The zero-order valence-corrected chi connectivity index (χ0v) is 6.99. The van der Waals surface area contributed by atoms with E-state index in [1.807, 2.05) is 36.0 Å². The van der Waals surface area contributed by atoms with Crippen LogP contribution in [0.4, 0.5) is 0 Å². The van der Waals surface area contributed by atoms with Crippen molar-refractivity contribution < 1.29 is 0 Å².